The lowest BCUT2D eigenvalue weighted by molar-refractivity contribution is 0.0812. The number of rotatable bonds is 2. The van der Waals surface area contributed by atoms with Gasteiger partial charge in [0.1, 0.15) is 0 Å². The van der Waals surface area contributed by atoms with Crippen LogP contribution in [0.4, 0.5) is 0 Å². The average molecular weight is 339 g/mol. The molecule has 4 rings (SSSR count). The molecule has 4 atom stereocenters. The molecule has 0 saturated heterocycles. The Morgan fingerprint density at radius 2 is 1.92 bits per heavy atom. The number of hydrogen-bond acceptors (Lipinski definition) is 0. The van der Waals surface area contributed by atoms with E-state index in [1.54, 1.807) is 11.1 Å². The number of benzene rings is 1. The van der Waals surface area contributed by atoms with Crippen molar-refractivity contribution in [2.24, 2.45) is 17.3 Å². The van der Waals surface area contributed by atoms with Gasteiger partial charge < -0.3 is 0 Å². The van der Waals surface area contributed by atoms with Crippen LogP contribution in [0.2, 0.25) is 0 Å². The Hall–Kier alpha value is -1.04. The average Bonchev–Trinajstić information content (AvgIpc) is 2.97. The Kier molecular flexibility index (Phi) is 5.76. The molecule has 2 saturated carbocycles. The summed E-state index contributed by atoms with van der Waals surface area (Å²) in [7, 11) is 0. The zero-order chi connectivity index (χ0) is 18.0. The highest BCUT2D eigenvalue weighted by atomic mass is 14.6. The standard InChI is InChI=1S/C23H32.C2H6/c1-4-5-6-18-9-12-22-21-11-8-17-15-16(2)7-10-19(17)20(21)13-14-23(18,22)3;1-2/h6-7,10,15,20-22H,4-5,8-9,11-14H2,1-3H3;1-2H3/b18-6-;. The zero-order valence-electron chi connectivity index (χ0n) is 17.2. The summed E-state index contributed by atoms with van der Waals surface area (Å²) in [5.41, 5.74) is 7.15. The molecule has 0 amide bonds. The lowest BCUT2D eigenvalue weighted by Crippen LogP contribution is -2.40. The fraction of sp³-hybridized carbons (Fsp3) is 0.680. The SMILES string of the molecule is CC.CCC/C=C1/CCC2C3CCc4cc(C)ccc4C3CCC12C. The van der Waals surface area contributed by atoms with Crippen molar-refractivity contribution < 1.29 is 0 Å². The highest BCUT2D eigenvalue weighted by Crippen LogP contribution is 2.62. The van der Waals surface area contributed by atoms with Crippen LogP contribution >= 0.6 is 0 Å². The van der Waals surface area contributed by atoms with Gasteiger partial charge in [-0.3, -0.25) is 0 Å². The van der Waals surface area contributed by atoms with Crippen molar-refractivity contribution in [3.8, 4) is 0 Å². The molecule has 2 fully saturated rings. The summed E-state index contributed by atoms with van der Waals surface area (Å²) in [5, 5.41) is 0. The summed E-state index contributed by atoms with van der Waals surface area (Å²) in [6.45, 7) is 11.2. The van der Waals surface area contributed by atoms with E-state index in [4.69, 9.17) is 0 Å². The molecule has 0 aliphatic heterocycles. The first kappa shape index (κ1) is 18.7. The lowest BCUT2D eigenvalue weighted by Gasteiger charge is -2.49. The first-order chi connectivity index (χ1) is 12.1. The molecule has 0 radical (unpaired) electrons. The summed E-state index contributed by atoms with van der Waals surface area (Å²) < 4.78 is 0. The third kappa shape index (κ3) is 3.22. The van der Waals surface area contributed by atoms with Gasteiger partial charge >= 0.3 is 0 Å². The molecule has 4 unspecified atom stereocenters. The number of allylic oxidation sites excluding steroid dienone is 2. The fourth-order valence-electron chi connectivity index (χ4n) is 6.21. The van der Waals surface area contributed by atoms with Crippen LogP contribution in [0, 0.1) is 24.2 Å². The molecule has 138 valence electrons. The summed E-state index contributed by atoms with van der Waals surface area (Å²) in [6, 6.07) is 7.27. The molecule has 1 aromatic carbocycles. The van der Waals surface area contributed by atoms with Crippen molar-refractivity contribution in [3.63, 3.8) is 0 Å². The van der Waals surface area contributed by atoms with Gasteiger partial charge in [-0.15, -0.1) is 0 Å². The molecule has 1 aromatic rings. The van der Waals surface area contributed by atoms with Crippen LogP contribution in [0.5, 0.6) is 0 Å². The Bertz CT molecular complexity index is 623. The topological polar surface area (TPSA) is 0 Å². The highest BCUT2D eigenvalue weighted by Gasteiger charge is 2.52. The smallest absolute Gasteiger partial charge is 0.00850 e. The normalized spacial score (nSPS) is 34.6. The van der Waals surface area contributed by atoms with Crippen LogP contribution < -0.4 is 0 Å². The van der Waals surface area contributed by atoms with Crippen LogP contribution in [0.1, 0.15) is 95.2 Å². The second-order valence-electron chi connectivity index (χ2n) is 8.63. The van der Waals surface area contributed by atoms with Gasteiger partial charge in [-0.2, -0.15) is 0 Å². The van der Waals surface area contributed by atoms with Crippen LogP contribution in [0.15, 0.2) is 29.8 Å². The number of aryl methyl sites for hydroxylation is 2. The molecule has 0 aromatic heterocycles. The first-order valence-electron chi connectivity index (χ1n) is 10.9. The maximum atomic E-state index is 2.61. The molecule has 0 N–H and O–H groups in total. The second kappa shape index (κ2) is 7.68. The number of fused-ring (bicyclic) bond motifs is 5. The van der Waals surface area contributed by atoms with Crippen LogP contribution in [0.25, 0.3) is 0 Å². The molecule has 0 heteroatoms. The van der Waals surface area contributed by atoms with Gasteiger partial charge in [-0.05, 0) is 86.2 Å². The third-order valence-electron chi connectivity index (χ3n) is 7.41. The van der Waals surface area contributed by atoms with Crippen LogP contribution in [0.3, 0.4) is 0 Å². The minimum atomic E-state index is 0.526. The van der Waals surface area contributed by atoms with E-state index in [1.165, 1.54) is 56.9 Å². The van der Waals surface area contributed by atoms with E-state index in [2.05, 4.69) is 45.0 Å². The van der Waals surface area contributed by atoms with E-state index in [1.807, 2.05) is 19.4 Å². The van der Waals surface area contributed by atoms with Crippen molar-refractivity contribution in [2.75, 3.05) is 0 Å². The summed E-state index contributed by atoms with van der Waals surface area (Å²) in [6.07, 6.45) is 13.6. The van der Waals surface area contributed by atoms with E-state index < -0.39 is 0 Å². The first-order valence-corrected chi connectivity index (χ1v) is 10.9. The van der Waals surface area contributed by atoms with E-state index in [9.17, 15) is 0 Å². The quantitative estimate of drug-likeness (QED) is 0.487. The highest BCUT2D eigenvalue weighted by molar-refractivity contribution is 5.38. The molecule has 0 spiro atoms. The molecular formula is C25H38. The number of hydrogen-bond donors (Lipinski definition) is 0. The van der Waals surface area contributed by atoms with Crippen LogP contribution in [-0.2, 0) is 6.42 Å². The zero-order valence-corrected chi connectivity index (χ0v) is 17.2. The van der Waals surface area contributed by atoms with Gasteiger partial charge in [-0.1, -0.05) is 69.5 Å². The largest absolute Gasteiger partial charge is 0.0848 e. The second-order valence-corrected chi connectivity index (χ2v) is 8.63. The maximum Gasteiger partial charge on any atom is -0.00850 e. The Morgan fingerprint density at radius 3 is 2.68 bits per heavy atom. The molecule has 0 heterocycles. The van der Waals surface area contributed by atoms with Gasteiger partial charge in [0.2, 0.25) is 0 Å². The van der Waals surface area contributed by atoms with Crippen molar-refractivity contribution in [2.45, 2.75) is 91.9 Å². The van der Waals surface area contributed by atoms with Crippen LogP contribution in [-0.4, -0.2) is 0 Å². The third-order valence-corrected chi connectivity index (χ3v) is 7.41. The predicted octanol–water partition coefficient (Wildman–Crippen LogP) is 7.60. The Morgan fingerprint density at radius 1 is 1.12 bits per heavy atom. The molecule has 3 aliphatic rings. The minimum Gasteiger partial charge on any atom is -0.0848 e. The molecule has 25 heavy (non-hydrogen) atoms. The Labute approximate surface area is 156 Å². The fourth-order valence-corrected chi connectivity index (χ4v) is 6.21. The Balaban J connectivity index is 0.000000880. The minimum absolute atomic E-state index is 0.526. The van der Waals surface area contributed by atoms with E-state index >= 15 is 0 Å². The molecular weight excluding hydrogens is 300 g/mol. The van der Waals surface area contributed by atoms with Crippen molar-refractivity contribution in [3.05, 3.63) is 46.5 Å². The maximum absolute atomic E-state index is 2.61. The van der Waals surface area contributed by atoms with E-state index in [-0.39, 0.29) is 0 Å². The van der Waals surface area contributed by atoms with Gasteiger partial charge in [-0.25, -0.2) is 0 Å². The predicted molar refractivity (Wildman–Crippen MR) is 110 cm³/mol. The van der Waals surface area contributed by atoms with Gasteiger partial charge in [0.25, 0.3) is 0 Å². The number of unbranched alkanes of at least 4 members (excludes halogenated alkanes) is 1. The van der Waals surface area contributed by atoms with Gasteiger partial charge in [0, 0.05) is 0 Å². The summed E-state index contributed by atoms with van der Waals surface area (Å²) >= 11 is 0. The van der Waals surface area contributed by atoms with Crippen molar-refractivity contribution >= 4 is 0 Å². The lowest BCUT2D eigenvalue weighted by atomic mass is 9.55. The summed E-state index contributed by atoms with van der Waals surface area (Å²) in [4.78, 5) is 0. The van der Waals surface area contributed by atoms with E-state index in [0.717, 1.165) is 17.8 Å². The molecule has 0 nitrogen and oxygen atoms in total. The molecule has 3 aliphatic carbocycles. The molecule has 0 bridgehead atoms. The van der Waals surface area contributed by atoms with Crippen molar-refractivity contribution in [1.82, 2.24) is 0 Å². The van der Waals surface area contributed by atoms with Crippen molar-refractivity contribution in [1.29, 1.82) is 0 Å². The van der Waals surface area contributed by atoms with Gasteiger partial charge in [0.15, 0.2) is 0 Å². The summed E-state index contributed by atoms with van der Waals surface area (Å²) in [5.74, 6) is 2.73. The monoisotopic (exact) mass is 338 g/mol. The van der Waals surface area contributed by atoms with Gasteiger partial charge in [0.05, 0.1) is 0 Å². The van der Waals surface area contributed by atoms with E-state index in [0.29, 0.717) is 5.41 Å².